The highest BCUT2D eigenvalue weighted by molar-refractivity contribution is 6.03. The van der Waals surface area contributed by atoms with Crippen molar-refractivity contribution in [1.29, 1.82) is 0 Å². The zero-order valence-corrected chi connectivity index (χ0v) is 48.6. The first kappa shape index (κ1) is 77.8. The van der Waals surface area contributed by atoms with E-state index < -0.39 is 79.1 Å². The van der Waals surface area contributed by atoms with Crippen LogP contribution in [0.1, 0.15) is 214 Å². The van der Waals surface area contributed by atoms with Gasteiger partial charge in [0.2, 0.25) is 18.9 Å². The minimum Gasteiger partial charge on any atom is -0.466 e. The second kappa shape index (κ2) is 49.9. The Hall–Kier alpha value is -6.65. The Balaban J connectivity index is -0.000000446. The summed E-state index contributed by atoms with van der Waals surface area (Å²) < 4.78 is 53.1. The Morgan fingerprint density at radius 1 is 0.423 bits per heavy atom. The first-order valence-electron chi connectivity index (χ1n) is 26.7. The minimum atomic E-state index is -2.26. The molecule has 0 unspecified atom stereocenters. The lowest BCUT2D eigenvalue weighted by Crippen LogP contribution is -2.44. The first-order chi connectivity index (χ1) is 36.9. The van der Waals surface area contributed by atoms with Crippen LogP contribution in [0.25, 0.3) is 0 Å². The Kier molecular flexibility index (Phi) is 49.8. The largest absolute Gasteiger partial charge is 0.466 e. The third-order valence-electron chi connectivity index (χ3n) is 9.10. The second-order valence-corrected chi connectivity index (χ2v) is 16.1. The molecule has 23 heteroatoms. The van der Waals surface area contributed by atoms with Crippen molar-refractivity contribution in [2.24, 2.45) is 0 Å². The number of carbonyl (C=O) groups is 11. The highest BCUT2D eigenvalue weighted by Crippen LogP contribution is 2.20. The van der Waals surface area contributed by atoms with E-state index >= 15 is 0 Å². The molecule has 0 bridgehead atoms. The smallest absolute Gasteiger partial charge is 0.339 e. The van der Waals surface area contributed by atoms with E-state index in [2.05, 4.69) is 23.7 Å². The molecule has 1 N–H and O–H groups in total. The Morgan fingerprint density at radius 3 is 1.01 bits per heavy atom. The van der Waals surface area contributed by atoms with Gasteiger partial charge in [0.05, 0.1) is 57.0 Å². The van der Waals surface area contributed by atoms with Gasteiger partial charge in [-0.3, -0.25) is 38.4 Å². The van der Waals surface area contributed by atoms with Gasteiger partial charge in [0.15, 0.2) is 5.60 Å². The molecule has 1 aromatic carbocycles. The lowest BCUT2D eigenvalue weighted by Gasteiger charge is -2.23. The number of esters is 11. The summed E-state index contributed by atoms with van der Waals surface area (Å²) in [5.74, 6) is -5.78. The molecule has 0 amide bonds. The number of unbranched alkanes of at least 4 members (excludes halogenated alkanes) is 2. The fourth-order valence-corrected chi connectivity index (χ4v) is 5.21. The van der Waals surface area contributed by atoms with Crippen LogP contribution < -0.4 is 0 Å². The van der Waals surface area contributed by atoms with Crippen molar-refractivity contribution in [3.05, 3.63) is 35.4 Å². The van der Waals surface area contributed by atoms with Crippen LogP contribution in [0.2, 0.25) is 0 Å². The number of rotatable bonds is 31. The van der Waals surface area contributed by atoms with E-state index in [0.717, 1.165) is 38.5 Å². The maximum absolute atomic E-state index is 11.9. The summed E-state index contributed by atoms with van der Waals surface area (Å²) in [5.41, 5.74) is -1.72. The van der Waals surface area contributed by atoms with Crippen molar-refractivity contribution < 1.29 is 110 Å². The highest BCUT2D eigenvalue weighted by atomic mass is 16.7. The van der Waals surface area contributed by atoms with E-state index in [9.17, 15) is 57.8 Å². The fraction of sp³-hybridized carbons (Fsp3) is 0.691. The van der Waals surface area contributed by atoms with Crippen LogP contribution in [0.15, 0.2) is 24.3 Å². The number of hydrogen-bond donors (Lipinski definition) is 1. The van der Waals surface area contributed by atoms with Crippen LogP contribution in [-0.2, 0) is 95.3 Å². The monoisotopic (exact) mass is 1120 g/mol. The zero-order valence-electron chi connectivity index (χ0n) is 48.6. The fourth-order valence-electron chi connectivity index (χ4n) is 5.21. The van der Waals surface area contributed by atoms with Crippen LogP contribution in [0, 0.1) is 0 Å². The molecule has 0 aliphatic heterocycles. The van der Waals surface area contributed by atoms with Gasteiger partial charge in [0.25, 0.3) is 0 Å². The summed E-state index contributed by atoms with van der Waals surface area (Å²) >= 11 is 0. The number of benzene rings is 1. The van der Waals surface area contributed by atoms with E-state index in [-0.39, 0.29) is 54.8 Å². The summed E-state index contributed by atoms with van der Waals surface area (Å²) in [5, 5.41) is 10.1. The molecule has 448 valence electrons. The van der Waals surface area contributed by atoms with Crippen LogP contribution in [0.4, 0.5) is 0 Å². The summed E-state index contributed by atoms with van der Waals surface area (Å²) in [7, 11) is 0. The Labute approximate surface area is 460 Å². The molecule has 0 radical (unpaired) electrons. The molecule has 78 heavy (non-hydrogen) atoms. The predicted molar refractivity (Wildman–Crippen MR) is 281 cm³/mol. The van der Waals surface area contributed by atoms with Gasteiger partial charge in [0, 0.05) is 58.8 Å². The van der Waals surface area contributed by atoms with Gasteiger partial charge in [-0.2, -0.15) is 0 Å². The van der Waals surface area contributed by atoms with Crippen LogP contribution in [0.3, 0.4) is 0 Å². The Morgan fingerprint density at radius 2 is 0.744 bits per heavy atom. The van der Waals surface area contributed by atoms with Crippen molar-refractivity contribution in [3.63, 3.8) is 0 Å². The third-order valence-corrected chi connectivity index (χ3v) is 9.10. The summed E-state index contributed by atoms with van der Waals surface area (Å²) in [6.45, 7) is 24.8. The third kappa shape index (κ3) is 42.5. The summed E-state index contributed by atoms with van der Waals surface area (Å²) in [4.78, 5) is 123. The van der Waals surface area contributed by atoms with Crippen LogP contribution >= 0.6 is 0 Å². The molecule has 1 rings (SSSR count). The standard InChI is InChI=1S/C16H22O4.C12H20O7.C11H20O4.C9H16O4.C7H12O4/c1-3-5-11-19-15(17)13-9-7-8-10-14(13)16(18)20-12-6-4-2;1-4-17-9(13)7-12(16,11(15)19-6-3)8-10(14)18-5-2;1-4-7-9(12)14-11(6-3)15-10(13)8-5-2;1-4-7(10)12-9(6-3)13-8(11)5-2;1-4-7(10-5(2)8)11-6(3)9/h7-10H,3-6,11-12H2,1-2H3;16H,4-8H2,1-3H3;11H,4-8H2,1-3H3;9H,4-6H2,1-3H3;7H,4H2,1-3H3. The molecule has 0 atom stereocenters. The predicted octanol–water partition coefficient (Wildman–Crippen LogP) is 8.67. The number of hydrogen-bond acceptors (Lipinski definition) is 23. The maximum Gasteiger partial charge on any atom is 0.339 e. The number of ether oxygens (including phenoxy) is 11. The van der Waals surface area contributed by atoms with Gasteiger partial charge in [-0.25, -0.2) is 14.4 Å². The summed E-state index contributed by atoms with van der Waals surface area (Å²) in [6.07, 6.45) is 4.28. The molecule has 1 aromatic rings. The van der Waals surface area contributed by atoms with Crippen LogP contribution in [0.5, 0.6) is 0 Å². The maximum atomic E-state index is 11.9. The van der Waals surface area contributed by atoms with E-state index in [1.165, 1.54) is 13.8 Å². The molecule has 0 aliphatic carbocycles. The summed E-state index contributed by atoms with van der Waals surface area (Å²) in [6, 6.07) is 6.59. The second-order valence-electron chi connectivity index (χ2n) is 16.1. The molecule has 0 aliphatic rings. The van der Waals surface area contributed by atoms with E-state index in [4.69, 9.17) is 28.4 Å². The molecule has 0 saturated heterocycles. The molecule has 0 aromatic heterocycles. The van der Waals surface area contributed by atoms with Crippen molar-refractivity contribution in [3.8, 4) is 0 Å². The first-order valence-corrected chi connectivity index (χ1v) is 26.7. The van der Waals surface area contributed by atoms with Crippen molar-refractivity contribution in [1.82, 2.24) is 0 Å². The zero-order chi connectivity index (χ0) is 60.5. The molecule has 23 nitrogen and oxygen atoms in total. The van der Waals surface area contributed by atoms with Crippen molar-refractivity contribution >= 4 is 65.7 Å². The van der Waals surface area contributed by atoms with E-state index in [1.807, 2.05) is 34.6 Å². The van der Waals surface area contributed by atoms with Gasteiger partial charge in [0.1, 0.15) is 0 Å². The molecule has 0 saturated carbocycles. The lowest BCUT2D eigenvalue weighted by atomic mass is 9.95. The van der Waals surface area contributed by atoms with Gasteiger partial charge in [-0.15, -0.1) is 0 Å². The average molecular weight is 1120 g/mol. The van der Waals surface area contributed by atoms with Crippen LogP contribution in [-0.4, -0.2) is 128 Å². The Bertz CT molecular complexity index is 1780. The van der Waals surface area contributed by atoms with Gasteiger partial charge >= 0.3 is 65.7 Å². The van der Waals surface area contributed by atoms with Crippen molar-refractivity contribution in [2.45, 2.75) is 218 Å². The number of aliphatic hydroxyl groups is 1. The molecule has 0 spiro atoms. The molecular formula is C55H90O23. The quantitative estimate of drug-likeness (QED) is 0.0314. The molecule has 0 heterocycles. The average Bonchev–Trinajstić information content (AvgIpc) is 3.38. The van der Waals surface area contributed by atoms with Crippen molar-refractivity contribution in [2.75, 3.05) is 33.0 Å². The normalized spacial score (nSPS) is 10.1. The molecule has 0 fully saturated rings. The van der Waals surface area contributed by atoms with Gasteiger partial charge in [-0.1, -0.05) is 87.3 Å². The lowest BCUT2D eigenvalue weighted by molar-refractivity contribution is -0.190. The van der Waals surface area contributed by atoms with Gasteiger partial charge < -0.3 is 57.2 Å². The van der Waals surface area contributed by atoms with E-state index in [0.29, 0.717) is 58.2 Å². The molecular weight excluding hydrogens is 1030 g/mol. The minimum absolute atomic E-state index is 0.0206. The topological polar surface area (TPSA) is 310 Å². The van der Waals surface area contributed by atoms with Gasteiger partial charge in [-0.05, 0) is 58.6 Å². The number of carbonyl (C=O) groups excluding carboxylic acids is 11. The van der Waals surface area contributed by atoms with E-state index in [1.54, 1.807) is 72.7 Å². The SMILES string of the molecule is CCC(=O)OC(CC)OC(=O)CC.CCC(OC(C)=O)OC(C)=O.CCCC(=O)OC(CC)OC(=O)CCC.CCCCOC(=O)c1ccccc1C(=O)OCCCC.CCOC(=O)CC(O)(CC(=O)OCC)C(=O)OCC. The highest BCUT2D eigenvalue weighted by Gasteiger charge is 2.43.